The molecule has 0 saturated carbocycles. The molecule has 0 aromatic rings. The first-order valence-electron chi connectivity index (χ1n) is 7.35. The zero-order valence-electron chi connectivity index (χ0n) is 11.7. The van der Waals surface area contributed by atoms with Gasteiger partial charge in [-0.2, -0.15) is 0 Å². The topological polar surface area (TPSA) is 20.2 Å². The van der Waals surface area contributed by atoms with Gasteiger partial charge in [-0.25, -0.2) is 0 Å². The van der Waals surface area contributed by atoms with Crippen molar-refractivity contribution in [2.75, 3.05) is 31.3 Å². The van der Waals surface area contributed by atoms with E-state index in [1.807, 2.05) is 0 Å². The summed E-state index contributed by atoms with van der Waals surface area (Å²) in [7, 11) is -1.11. The Morgan fingerprint density at radius 3 is 1.31 bits per heavy atom. The Morgan fingerprint density at radius 2 is 1.06 bits per heavy atom. The van der Waals surface area contributed by atoms with Crippen LogP contribution in [0.2, 0.25) is 0 Å². The predicted molar refractivity (Wildman–Crippen MR) is 79.6 cm³/mol. The van der Waals surface area contributed by atoms with Gasteiger partial charge >= 0.3 is 103 Å². The molecule has 0 aliphatic carbocycles. The first kappa shape index (κ1) is 16.4. The molecule has 0 aromatic heterocycles. The van der Waals surface area contributed by atoms with E-state index < -0.39 is 7.26 Å². The van der Waals surface area contributed by atoms with Crippen LogP contribution in [0, 0.1) is 0 Å². The Kier molecular flexibility index (Phi) is 10.8. The van der Waals surface area contributed by atoms with Crippen LogP contribution in [0.5, 0.6) is 0 Å². The molecule has 0 saturated heterocycles. The van der Waals surface area contributed by atoms with Crippen LogP contribution in [0.3, 0.4) is 0 Å². The van der Waals surface area contributed by atoms with Gasteiger partial charge in [-0.05, 0) is 0 Å². The Hall–Kier alpha value is 0.390. The van der Waals surface area contributed by atoms with E-state index in [9.17, 15) is 5.11 Å². The zero-order valence-corrected chi connectivity index (χ0v) is 12.7. The summed E-state index contributed by atoms with van der Waals surface area (Å²) in [6.07, 6.45) is 13.7. The predicted octanol–water partition coefficient (Wildman–Crippen LogP) is 4.13. The van der Waals surface area contributed by atoms with E-state index in [1.54, 1.807) is 0 Å². The maximum atomic E-state index is 9.33. The van der Waals surface area contributed by atoms with Gasteiger partial charge in [0.25, 0.3) is 0 Å². The minimum absolute atomic E-state index is 0.434. The number of aliphatic hydroxyl groups is 1. The zero-order chi connectivity index (χ0) is 12.3. The van der Waals surface area contributed by atoms with Crippen molar-refractivity contribution in [2.24, 2.45) is 0 Å². The summed E-state index contributed by atoms with van der Waals surface area (Å²) in [5.74, 6) is 0. The molecule has 2 heteroatoms. The van der Waals surface area contributed by atoms with Crippen molar-refractivity contribution in [3.05, 3.63) is 0 Å². The third-order valence-electron chi connectivity index (χ3n) is 3.82. The van der Waals surface area contributed by atoms with Crippen LogP contribution in [0.15, 0.2) is 0 Å². The maximum absolute atomic E-state index is 9.33. The number of hydrogen-bond acceptors (Lipinski definition) is 1. The second-order valence-corrected chi connectivity index (χ2v) is 10.3. The van der Waals surface area contributed by atoms with Crippen LogP contribution in [0.25, 0.3) is 0 Å². The molecule has 0 aromatic carbocycles. The summed E-state index contributed by atoms with van der Waals surface area (Å²) in [6, 6.07) is 0. The molecule has 0 amide bonds. The van der Waals surface area contributed by atoms with Gasteiger partial charge in [0, 0.05) is 0 Å². The molecule has 0 rings (SSSR count). The second-order valence-electron chi connectivity index (χ2n) is 5.28. The Bertz CT molecular complexity index is 126. The molecule has 0 bridgehead atoms. The third-order valence-corrected chi connectivity index (χ3v) is 9.35. The Morgan fingerprint density at radius 1 is 0.688 bits per heavy atom. The van der Waals surface area contributed by atoms with Gasteiger partial charge in [0.2, 0.25) is 0 Å². The molecule has 16 heavy (non-hydrogen) atoms. The van der Waals surface area contributed by atoms with E-state index in [1.165, 1.54) is 57.0 Å². The summed E-state index contributed by atoms with van der Waals surface area (Å²) in [4.78, 5) is 0. The fraction of sp³-hybridized carbons (Fsp3) is 1.00. The van der Waals surface area contributed by atoms with Crippen LogP contribution in [-0.2, 0) is 0 Å². The molecule has 100 valence electrons. The summed E-state index contributed by atoms with van der Waals surface area (Å²) in [5, 5.41) is 9.33. The molecular formula is C14H33OP. The molecule has 0 spiro atoms. The van der Waals surface area contributed by atoms with Crippen molar-refractivity contribution in [2.45, 2.75) is 59.3 Å². The molecule has 0 aliphatic rings. The fourth-order valence-corrected chi connectivity index (χ4v) is 7.93. The molecule has 0 atom stereocenters. The standard InChI is InChI=1S/C14H33OP/c1-4-7-11-16(14-10-15,12-8-5-2)13-9-6-3/h15-16H,4-14H2,1-3H3. The quantitative estimate of drug-likeness (QED) is 0.545. The number of rotatable bonds is 11. The first-order valence-corrected chi connectivity index (χ1v) is 10.2. The van der Waals surface area contributed by atoms with Crippen LogP contribution < -0.4 is 0 Å². The van der Waals surface area contributed by atoms with Gasteiger partial charge in [0.1, 0.15) is 0 Å². The van der Waals surface area contributed by atoms with E-state index in [0.29, 0.717) is 6.61 Å². The van der Waals surface area contributed by atoms with Crippen LogP contribution in [0.1, 0.15) is 59.3 Å². The van der Waals surface area contributed by atoms with Gasteiger partial charge in [-0.3, -0.25) is 0 Å². The van der Waals surface area contributed by atoms with Crippen LogP contribution in [0.4, 0.5) is 0 Å². The van der Waals surface area contributed by atoms with Gasteiger partial charge in [-0.1, -0.05) is 0 Å². The van der Waals surface area contributed by atoms with Crippen molar-refractivity contribution in [1.82, 2.24) is 0 Å². The van der Waals surface area contributed by atoms with Crippen molar-refractivity contribution < 1.29 is 5.11 Å². The summed E-state index contributed by atoms with van der Waals surface area (Å²) >= 11 is 0. The van der Waals surface area contributed by atoms with Gasteiger partial charge in [0.05, 0.1) is 0 Å². The molecule has 1 N–H and O–H groups in total. The minimum atomic E-state index is -1.11. The summed E-state index contributed by atoms with van der Waals surface area (Å²) in [6.45, 7) is 7.30. The van der Waals surface area contributed by atoms with Crippen molar-refractivity contribution in [1.29, 1.82) is 0 Å². The number of hydrogen-bond donors (Lipinski definition) is 1. The second kappa shape index (κ2) is 10.5. The first-order chi connectivity index (χ1) is 7.74. The fourth-order valence-electron chi connectivity index (χ4n) is 2.64. The summed E-state index contributed by atoms with van der Waals surface area (Å²) < 4.78 is 0. The SMILES string of the molecule is CCCC[PH](CCO)(CCCC)CCCC. The number of unbranched alkanes of at least 4 members (excludes halogenated alkanes) is 3. The Balaban J connectivity index is 4.32. The van der Waals surface area contributed by atoms with Crippen molar-refractivity contribution in [3.8, 4) is 0 Å². The average Bonchev–Trinajstić information content (AvgIpc) is 2.31. The van der Waals surface area contributed by atoms with Crippen LogP contribution in [-0.4, -0.2) is 36.4 Å². The van der Waals surface area contributed by atoms with Gasteiger partial charge in [-0.15, -0.1) is 0 Å². The van der Waals surface area contributed by atoms with E-state index >= 15 is 0 Å². The molecular weight excluding hydrogens is 215 g/mol. The van der Waals surface area contributed by atoms with E-state index in [4.69, 9.17) is 0 Å². The van der Waals surface area contributed by atoms with E-state index in [2.05, 4.69) is 20.8 Å². The van der Waals surface area contributed by atoms with Crippen molar-refractivity contribution >= 4 is 7.26 Å². The molecule has 0 radical (unpaired) electrons. The monoisotopic (exact) mass is 248 g/mol. The Labute approximate surface area is 103 Å². The van der Waals surface area contributed by atoms with Crippen LogP contribution >= 0.6 is 7.26 Å². The van der Waals surface area contributed by atoms with E-state index in [-0.39, 0.29) is 0 Å². The molecule has 1 nitrogen and oxygen atoms in total. The molecule has 0 aliphatic heterocycles. The molecule has 0 fully saturated rings. The number of aliphatic hydroxyl groups excluding tert-OH is 1. The normalized spacial score (nSPS) is 13.0. The average molecular weight is 248 g/mol. The third kappa shape index (κ3) is 6.86. The van der Waals surface area contributed by atoms with E-state index in [0.717, 1.165) is 6.16 Å². The van der Waals surface area contributed by atoms with Crippen molar-refractivity contribution in [3.63, 3.8) is 0 Å². The molecule has 0 unspecified atom stereocenters. The summed E-state index contributed by atoms with van der Waals surface area (Å²) in [5.41, 5.74) is 0. The van der Waals surface area contributed by atoms with Gasteiger partial charge in [0.15, 0.2) is 0 Å². The molecule has 0 heterocycles. The van der Waals surface area contributed by atoms with Gasteiger partial charge < -0.3 is 0 Å².